The van der Waals surface area contributed by atoms with E-state index in [9.17, 15) is 4.79 Å². The molecule has 0 radical (unpaired) electrons. The first kappa shape index (κ1) is 14.5. The van der Waals surface area contributed by atoms with Crippen LogP contribution < -0.4 is 15.8 Å². The molecule has 0 aliphatic heterocycles. The molecule has 1 rings (SSSR count). The Balaban J connectivity index is 2.12. The van der Waals surface area contributed by atoms with Crippen LogP contribution in [0.3, 0.4) is 0 Å². The number of rotatable bonds is 9. The largest absolute Gasteiger partial charge is 0.491 e. The number of ether oxygens (including phenoxy) is 2. The molecule has 18 heavy (non-hydrogen) atoms. The second-order valence-electron chi connectivity index (χ2n) is 3.75. The minimum Gasteiger partial charge on any atom is -0.491 e. The van der Waals surface area contributed by atoms with E-state index in [0.717, 1.165) is 5.75 Å². The van der Waals surface area contributed by atoms with Gasteiger partial charge in [-0.15, -0.1) is 0 Å². The highest BCUT2D eigenvalue weighted by Gasteiger charge is 2.13. The highest BCUT2D eigenvalue weighted by Crippen LogP contribution is 2.07. The van der Waals surface area contributed by atoms with Gasteiger partial charge in [-0.1, -0.05) is 25.1 Å². The zero-order valence-corrected chi connectivity index (χ0v) is 10.6. The highest BCUT2D eigenvalue weighted by molar-refractivity contribution is 5.79. The van der Waals surface area contributed by atoms with E-state index in [-0.39, 0.29) is 6.61 Å². The quantitative estimate of drug-likeness (QED) is 0.629. The van der Waals surface area contributed by atoms with Crippen LogP contribution in [-0.4, -0.2) is 38.3 Å². The molecule has 100 valence electrons. The van der Waals surface area contributed by atoms with E-state index in [1.807, 2.05) is 37.3 Å². The highest BCUT2D eigenvalue weighted by atomic mass is 16.5. The Morgan fingerprint density at radius 2 is 2.06 bits per heavy atom. The Labute approximate surface area is 107 Å². The molecular weight excluding hydrogens is 232 g/mol. The van der Waals surface area contributed by atoms with Crippen LogP contribution in [0.1, 0.15) is 6.92 Å². The first-order chi connectivity index (χ1) is 8.74. The molecule has 1 amide bonds. The van der Waals surface area contributed by atoms with Crippen molar-refractivity contribution in [2.75, 3.05) is 26.4 Å². The maximum absolute atomic E-state index is 11.0. The van der Waals surface area contributed by atoms with Gasteiger partial charge < -0.3 is 20.5 Å². The standard InChI is InChI=1S/C13H20N2O3/c1-2-15-12(13(14)16)10-17-8-9-18-11-6-4-3-5-7-11/h3-7,12,15H,2,8-10H2,1H3,(H2,14,16). The van der Waals surface area contributed by atoms with Crippen LogP contribution in [0.25, 0.3) is 0 Å². The van der Waals surface area contributed by atoms with Gasteiger partial charge in [0.15, 0.2) is 0 Å². The summed E-state index contributed by atoms with van der Waals surface area (Å²) >= 11 is 0. The van der Waals surface area contributed by atoms with Crippen molar-refractivity contribution in [3.8, 4) is 5.75 Å². The molecule has 1 atom stereocenters. The average Bonchev–Trinajstić information content (AvgIpc) is 2.38. The summed E-state index contributed by atoms with van der Waals surface area (Å²) in [5.41, 5.74) is 5.22. The van der Waals surface area contributed by atoms with Crippen molar-refractivity contribution in [3.63, 3.8) is 0 Å². The SMILES string of the molecule is CCNC(COCCOc1ccccc1)C(N)=O. The minimum atomic E-state index is -0.438. The van der Waals surface area contributed by atoms with Crippen LogP contribution in [0.2, 0.25) is 0 Å². The Hall–Kier alpha value is -1.59. The molecular formula is C13H20N2O3. The number of para-hydroxylation sites is 1. The maximum atomic E-state index is 11.0. The summed E-state index contributed by atoms with van der Waals surface area (Å²) in [6.45, 7) is 3.72. The van der Waals surface area contributed by atoms with Gasteiger partial charge in [0.1, 0.15) is 18.4 Å². The Morgan fingerprint density at radius 3 is 2.67 bits per heavy atom. The molecule has 0 aliphatic rings. The Bertz CT molecular complexity index is 343. The third-order valence-electron chi connectivity index (χ3n) is 2.32. The first-order valence-electron chi connectivity index (χ1n) is 6.02. The van der Waals surface area contributed by atoms with Gasteiger partial charge in [0.25, 0.3) is 0 Å². The number of amides is 1. The molecule has 3 N–H and O–H groups in total. The van der Waals surface area contributed by atoms with Crippen molar-refractivity contribution in [1.82, 2.24) is 5.32 Å². The Kier molecular flexibility index (Phi) is 6.83. The maximum Gasteiger partial charge on any atom is 0.236 e. The second kappa shape index (κ2) is 8.49. The van der Waals surface area contributed by atoms with E-state index in [1.165, 1.54) is 0 Å². The van der Waals surface area contributed by atoms with Crippen LogP contribution in [0, 0.1) is 0 Å². The van der Waals surface area contributed by atoms with Crippen molar-refractivity contribution in [2.24, 2.45) is 5.73 Å². The van der Waals surface area contributed by atoms with Crippen LogP contribution >= 0.6 is 0 Å². The van der Waals surface area contributed by atoms with E-state index in [1.54, 1.807) is 0 Å². The summed E-state index contributed by atoms with van der Waals surface area (Å²) < 4.78 is 10.8. The molecule has 5 nitrogen and oxygen atoms in total. The molecule has 0 spiro atoms. The van der Waals surface area contributed by atoms with Crippen molar-refractivity contribution < 1.29 is 14.3 Å². The molecule has 1 unspecified atom stereocenters. The van der Waals surface area contributed by atoms with E-state index in [0.29, 0.717) is 19.8 Å². The zero-order chi connectivity index (χ0) is 13.2. The molecule has 0 heterocycles. The summed E-state index contributed by atoms with van der Waals surface area (Å²) in [5.74, 6) is 0.403. The smallest absolute Gasteiger partial charge is 0.236 e. The number of hydrogen-bond acceptors (Lipinski definition) is 4. The van der Waals surface area contributed by atoms with Gasteiger partial charge in [-0.2, -0.15) is 0 Å². The van der Waals surface area contributed by atoms with E-state index >= 15 is 0 Å². The summed E-state index contributed by atoms with van der Waals surface area (Å²) in [4.78, 5) is 11.0. The molecule has 0 saturated carbocycles. The van der Waals surface area contributed by atoms with Gasteiger partial charge in [-0.25, -0.2) is 0 Å². The molecule has 0 fully saturated rings. The number of carbonyl (C=O) groups is 1. The summed E-state index contributed by atoms with van der Waals surface area (Å²) in [5, 5.41) is 2.95. The normalized spacial score (nSPS) is 12.1. The number of carbonyl (C=O) groups excluding carboxylic acids is 1. The van der Waals surface area contributed by atoms with Crippen LogP contribution in [0.15, 0.2) is 30.3 Å². The fourth-order valence-corrected chi connectivity index (χ4v) is 1.42. The van der Waals surface area contributed by atoms with Gasteiger partial charge in [0.05, 0.1) is 13.2 Å². The van der Waals surface area contributed by atoms with Crippen molar-refractivity contribution in [3.05, 3.63) is 30.3 Å². The van der Waals surface area contributed by atoms with Crippen LogP contribution in [-0.2, 0) is 9.53 Å². The molecule has 0 saturated heterocycles. The van der Waals surface area contributed by atoms with Gasteiger partial charge in [0.2, 0.25) is 5.91 Å². The molecule has 1 aromatic rings. The molecule has 1 aromatic carbocycles. The number of nitrogens with two attached hydrogens (primary N) is 1. The van der Waals surface area contributed by atoms with Gasteiger partial charge in [-0.05, 0) is 18.7 Å². The monoisotopic (exact) mass is 252 g/mol. The Morgan fingerprint density at radius 1 is 1.33 bits per heavy atom. The van der Waals surface area contributed by atoms with Gasteiger partial charge in [0, 0.05) is 0 Å². The molecule has 5 heteroatoms. The van der Waals surface area contributed by atoms with Crippen LogP contribution in [0.5, 0.6) is 5.75 Å². The number of primary amides is 1. The minimum absolute atomic E-state index is 0.265. The van der Waals surface area contributed by atoms with Crippen LogP contribution in [0.4, 0.5) is 0 Å². The summed E-state index contributed by atoms with van der Waals surface area (Å²) in [7, 11) is 0. The summed E-state index contributed by atoms with van der Waals surface area (Å²) in [6.07, 6.45) is 0. The van der Waals surface area contributed by atoms with Crippen molar-refractivity contribution in [2.45, 2.75) is 13.0 Å². The third-order valence-corrected chi connectivity index (χ3v) is 2.32. The third kappa shape index (κ3) is 5.65. The fraction of sp³-hybridized carbons (Fsp3) is 0.462. The lowest BCUT2D eigenvalue weighted by Gasteiger charge is -2.14. The lowest BCUT2D eigenvalue weighted by molar-refractivity contribution is -0.121. The number of benzene rings is 1. The average molecular weight is 252 g/mol. The first-order valence-corrected chi connectivity index (χ1v) is 6.02. The number of hydrogen-bond donors (Lipinski definition) is 2. The lowest BCUT2D eigenvalue weighted by Crippen LogP contribution is -2.44. The van der Waals surface area contributed by atoms with E-state index in [4.69, 9.17) is 15.2 Å². The van der Waals surface area contributed by atoms with E-state index in [2.05, 4.69) is 5.32 Å². The molecule has 0 bridgehead atoms. The predicted octanol–water partition coefficient (Wildman–Crippen LogP) is 0.545. The van der Waals surface area contributed by atoms with Gasteiger partial charge >= 0.3 is 0 Å². The molecule has 0 aliphatic carbocycles. The van der Waals surface area contributed by atoms with E-state index < -0.39 is 11.9 Å². The second-order valence-corrected chi connectivity index (χ2v) is 3.75. The van der Waals surface area contributed by atoms with Crippen molar-refractivity contribution >= 4 is 5.91 Å². The van der Waals surface area contributed by atoms with Gasteiger partial charge in [-0.3, -0.25) is 4.79 Å². The topological polar surface area (TPSA) is 73.6 Å². The number of nitrogens with one attached hydrogen (secondary N) is 1. The number of likely N-dealkylation sites (N-methyl/N-ethyl adjacent to an activating group) is 1. The summed E-state index contributed by atoms with van der Waals surface area (Å²) in [6, 6.07) is 9.06. The van der Waals surface area contributed by atoms with Crippen molar-refractivity contribution in [1.29, 1.82) is 0 Å². The molecule has 0 aromatic heterocycles. The predicted molar refractivity (Wildman–Crippen MR) is 69.4 cm³/mol. The lowest BCUT2D eigenvalue weighted by atomic mass is 10.3. The zero-order valence-electron chi connectivity index (χ0n) is 10.6. The fourth-order valence-electron chi connectivity index (χ4n) is 1.42.